The zero-order valence-corrected chi connectivity index (χ0v) is 11.7. The largest absolute Gasteiger partial charge is 0.378 e. The first-order valence-electron chi connectivity index (χ1n) is 6.47. The Morgan fingerprint density at radius 2 is 2.06 bits per heavy atom. The number of aryl methyl sites for hydroxylation is 2. The summed E-state index contributed by atoms with van der Waals surface area (Å²) < 4.78 is 0. The van der Waals surface area contributed by atoms with E-state index >= 15 is 0 Å². The van der Waals surface area contributed by atoms with E-state index < -0.39 is 6.10 Å². The number of unbranched alkanes of at least 4 members (excludes halogenated alkanes) is 1. The van der Waals surface area contributed by atoms with Crippen molar-refractivity contribution < 1.29 is 9.90 Å². The maximum absolute atomic E-state index is 12.1. The van der Waals surface area contributed by atoms with E-state index in [1.807, 2.05) is 32.0 Å². The molecular weight excluding hydrogens is 226 g/mol. The molecule has 0 saturated carbocycles. The van der Waals surface area contributed by atoms with E-state index in [0.29, 0.717) is 12.1 Å². The number of carbonyl (C=O) groups excluding carboxylic acids is 1. The zero-order valence-electron chi connectivity index (χ0n) is 11.7. The molecular formula is C15H23NO2. The van der Waals surface area contributed by atoms with Gasteiger partial charge in [-0.3, -0.25) is 4.79 Å². The summed E-state index contributed by atoms with van der Waals surface area (Å²) in [5, 5.41) is 10.1. The molecule has 3 nitrogen and oxygen atoms in total. The van der Waals surface area contributed by atoms with Crippen molar-refractivity contribution in [2.24, 2.45) is 0 Å². The molecule has 0 aliphatic rings. The van der Waals surface area contributed by atoms with Gasteiger partial charge in [0, 0.05) is 13.6 Å². The minimum absolute atomic E-state index is 0.226. The van der Waals surface area contributed by atoms with Crippen molar-refractivity contribution in [2.75, 3.05) is 13.6 Å². The van der Waals surface area contributed by atoms with E-state index in [-0.39, 0.29) is 5.91 Å². The molecule has 100 valence electrons. The highest BCUT2D eigenvalue weighted by Gasteiger charge is 2.22. The van der Waals surface area contributed by atoms with Gasteiger partial charge < -0.3 is 10.0 Å². The molecule has 1 unspecified atom stereocenters. The number of hydrogen-bond acceptors (Lipinski definition) is 2. The minimum atomic E-state index is -1.05. The van der Waals surface area contributed by atoms with Crippen LogP contribution in [-0.2, 0) is 4.79 Å². The Labute approximate surface area is 109 Å². The lowest BCUT2D eigenvalue weighted by Crippen LogP contribution is -2.32. The third kappa shape index (κ3) is 3.57. The third-order valence-electron chi connectivity index (χ3n) is 3.18. The van der Waals surface area contributed by atoms with E-state index in [9.17, 15) is 9.90 Å². The monoisotopic (exact) mass is 249 g/mol. The molecule has 1 atom stereocenters. The van der Waals surface area contributed by atoms with Crippen LogP contribution in [0.4, 0.5) is 0 Å². The lowest BCUT2D eigenvalue weighted by molar-refractivity contribution is -0.139. The Kier molecular flexibility index (Phi) is 5.35. The number of aliphatic hydroxyl groups is 1. The van der Waals surface area contributed by atoms with E-state index in [1.165, 1.54) is 0 Å². The lowest BCUT2D eigenvalue weighted by atomic mass is 10.0. The van der Waals surface area contributed by atoms with E-state index in [2.05, 4.69) is 6.92 Å². The van der Waals surface area contributed by atoms with Crippen molar-refractivity contribution in [1.29, 1.82) is 0 Å². The molecule has 0 bridgehead atoms. The Morgan fingerprint density at radius 1 is 1.39 bits per heavy atom. The first-order valence-corrected chi connectivity index (χ1v) is 6.47. The summed E-state index contributed by atoms with van der Waals surface area (Å²) in [6, 6.07) is 5.74. The Hall–Kier alpha value is -1.35. The van der Waals surface area contributed by atoms with Crippen molar-refractivity contribution in [1.82, 2.24) is 4.90 Å². The number of carbonyl (C=O) groups is 1. The molecule has 18 heavy (non-hydrogen) atoms. The van der Waals surface area contributed by atoms with E-state index in [0.717, 1.165) is 24.0 Å². The topological polar surface area (TPSA) is 40.5 Å². The van der Waals surface area contributed by atoms with Gasteiger partial charge in [-0.15, -0.1) is 0 Å². The Morgan fingerprint density at radius 3 is 2.61 bits per heavy atom. The number of amides is 1. The molecule has 3 heteroatoms. The summed E-state index contributed by atoms with van der Waals surface area (Å²) in [6.07, 6.45) is 0.950. The fourth-order valence-electron chi connectivity index (χ4n) is 1.98. The average molecular weight is 249 g/mol. The molecule has 1 aromatic rings. The number of nitrogens with zero attached hydrogens (tertiary/aromatic N) is 1. The second-order valence-electron chi connectivity index (χ2n) is 4.88. The average Bonchev–Trinajstić information content (AvgIpc) is 2.34. The SMILES string of the molecule is CCCCN(C)C(=O)C(O)c1ccc(C)cc1C. The Bertz CT molecular complexity index is 415. The standard InChI is InChI=1S/C15H23NO2/c1-5-6-9-16(4)15(18)14(17)13-8-7-11(2)10-12(13)3/h7-8,10,14,17H,5-6,9H2,1-4H3. The third-order valence-corrected chi connectivity index (χ3v) is 3.18. The highest BCUT2D eigenvalue weighted by Crippen LogP contribution is 2.20. The number of benzene rings is 1. The number of likely N-dealkylation sites (N-methyl/N-ethyl adjacent to an activating group) is 1. The second-order valence-corrected chi connectivity index (χ2v) is 4.88. The van der Waals surface area contributed by atoms with E-state index in [4.69, 9.17) is 0 Å². The molecule has 1 rings (SSSR count). The quantitative estimate of drug-likeness (QED) is 0.871. The smallest absolute Gasteiger partial charge is 0.255 e. The van der Waals surface area contributed by atoms with Gasteiger partial charge in [0.1, 0.15) is 0 Å². The maximum Gasteiger partial charge on any atom is 0.255 e. The normalized spacial score (nSPS) is 12.3. The number of hydrogen-bond donors (Lipinski definition) is 1. The van der Waals surface area contributed by atoms with Gasteiger partial charge in [-0.25, -0.2) is 0 Å². The van der Waals surface area contributed by atoms with Gasteiger partial charge >= 0.3 is 0 Å². The van der Waals surface area contributed by atoms with Crippen molar-refractivity contribution in [3.8, 4) is 0 Å². The summed E-state index contributed by atoms with van der Waals surface area (Å²) >= 11 is 0. The van der Waals surface area contributed by atoms with Crippen LogP contribution in [0.1, 0.15) is 42.6 Å². The summed E-state index contributed by atoms with van der Waals surface area (Å²) in [4.78, 5) is 13.7. The van der Waals surface area contributed by atoms with Crippen LogP contribution in [0.3, 0.4) is 0 Å². The molecule has 1 N–H and O–H groups in total. The lowest BCUT2D eigenvalue weighted by Gasteiger charge is -2.21. The highest BCUT2D eigenvalue weighted by atomic mass is 16.3. The number of rotatable bonds is 5. The van der Waals surface area contributed by atoms with Crippen molar-refractivity contribution in [2.45, 2.75) is 39.7 Å². The molecule has 0 spiro atoms. The molecule has 0 fully saturated rings. The van der Waals surface area contributed by atoms with Crippen LogP contribution < -0.4 is 0 Å². The molecule has 0 radical (unpaired) electrons. The first-order chi connectivity index (χ1) is 8.47. The van der Waals surface area contributed by atoms with Crippen LogP contribution in [0.5, 0.6) is 0 Å². The fourth-order valence-corrected chi connectivity index (χ4v) is 1.98. The highest BCUT2D eigenvalue weighted by molar-refractivity contribution is 5.82. The maximum atomic E-state index is 12.1. The Balaban J connectivity index is 2.79. The van der Waals surface area contributed by atoms with Crippen LogP contribution in [0.25, 0.3) is 0 Å². The summed E-state index contributed by atoms with van der Waals surface area (Å²) in [5.41, 5.74) is 2.80. The minimum Gasteiger partial charge on any atom is -0.378 e. The molecule has 1 aromatic carbocycles. The van der Waals surface area contributed by atoms with Crippen LogP contribution in [0.2, 0.25) is 0 Å². The number of aliphatic hydroxyl groups excluding tert-OH is 1. The van der Waals surface area contributed by atoms with Gasteiger partial charge in [-0.1, -0.05) is 37.1 Å². The van der Waals surface area contributed by atoms with E-state index in [1.54, 1.807) is 11.9 Å². The first kappa shape index (κ1) is 14.7. The predicted octanol–water partition coefficient (Wildman–Crippen LogP) is 2.60. The zero-order chi connectivity index (χ0) is 13.7. The van der Waals surface area contributed by atoms with Crippen LogP contribution >= 0.6 is 0 Å². The fraction of sp³-hybridized carbons (Fsp3) is 0.533. The van der Waals surface area contributed by atoms with Crippen LogP contribution in [0, 0.1) is 13.8 Å². The van der Waals surface area contributed by atoms with Crippen molar-refractivity contribution in [3.05, 3.63) is 34.9 Å². The molecule has 0 heterocycles. The van der Waals surface area contributed by atoms with Crippen LogP contribution in [0.15, 0.2) is 18.2 Å². The van der Waals surface area contributed by atoms with Gasteiger partial charge in [0.15, 0.2) is 6.10 Å². The van der Waals surface area contributed by atoms with Gasteiger partial charge in [0.25, 0.3) is 5.91 Å². The van der Waals surface area contributed by atoms with Crippen LogP contribution in [-0.4, -0.2) is 29.5 Å². The van der Waals surface area contributed by atoms with Crippen molar-refractivity contribution >= 4 is 5.91 Å². The van der Waals surface area contributed by atoms with Gasteiger partial charge in [-0.05, 0) is 31.4 Å². The predicted molar refractivity (Wildman–Crippen MR) is 73.4 cm³/mol. The summed E-state index contributed by atoms with van der Waals surface area (Å²) in [5.74, 6) is -0.226. The second kappa shape index (κ2) is 6.55. The molecule has 0 aromatic heterocycles. The van der Waals surface area contributed by atoms with Gasteiger partial charge in [0.05, 0.1) is 0 Å². The molecule has 0 saturated heterocycles. The molecule has 0 aliphatic carbocycles. The summed E-state index contributed by atoms with van der Waals surface area (Å²) in [6.45, 7) is 6.69. The van der Waals surface area contributed by atoms with Gasteiger partial charge in [0.2, 0.25) is 0 Å². The molecule has 1 amide bonds. The molecule has 0 aliphatic heterocycles. The van der Waals surface area contributed by atoms with Crippen molar-refractivity contribution in [3.63, 3.8) is 0 Å². The van der Waals surface area contributed by atoms with Gasteiger partial charge in [-0.2, -0.15) is 0 Å². The summed E-state index contributed by atoms with van der Waals surface area (Å²) in [7, 11) is 1.74.